The molecule has 5 nitrogen and oxygen atoms in total. The van der Waals surface area contributed by atoms with E-state index in [1.807, 2.05) is 36.4 Å². The van der Waals surface area contributed by atoms with Crippen molar-refractivity contribution >= 4 is 11.7 Å². The first-order chi connectivity index (χ1) is 9.19. The lowest BCUT2D eigenvalue weighted by atomic mass is 10.1. The summed E-state index contributed by atoms with van der Waals surface area (Å²) in [6.45, 7) is 0. The maximum Gasteiger partial charge on any atom is 0.225 e. The number of nitrogens with zero attached hydrogens (tertiary/aromatic N) is 3. The lowest BCUT2D eigenvalue weighted by molar-refractivity contribution is -0.116. The summed E-state index contributed by atoms with van der Waals surface area (Å²) in [4.78, 5) is 11.8. The lowest BCUT2D eigenvalue weighted by Gasteiger charge is -2.02. The van der Waals surface area contributed by atoms with Crippen molar-refractivity contribution in [3.63, 3.8) is 0 Å². The smallest absolute Gasteiger partial charge is 0.225 e. The molecule has 0 atom stereocenters. The van der Waals surface area contributed by atoms with Crippen molar-refractivity contribution in [2.75, 3.05) is 5.32 Å². The van der Waals surface area contributed by atoms with Crippen LogP contribution in [0.2, 0.25) is 0 Å². The van der Waals surface area contributed by atoms with Gasteiger partial charge in [-0.05, 0) is 12.0 Å². The zero-order chi connectivity index (χ0) is 13.7. The summed E-state index contributed by atoms with van der Waals surface area (Å²) in [5, 5.41) is 15.6. The summed E-state index contributed by atoms with van der Waals surface area (Å²) in [5.41, 5.74) is 1.48. The van der Waals surface area contributed by atoms with Crippen LogP contribution in [0.3, 0.4) is 0 Å². The summed E-state index contributed by atoms with van der Waals surface area (Å²) in [6, 6.07) is 11.8. The zero-order valence-corrected chi connectivity index (χ0v) is 10.6. The summed E-state index contributed by atoms with van der Waals surface area (Å²) in [7, 11) is 1.71. The van der Waals surface area contributed by atoms with E-state index in [0.29, 0.717) is 24.2 Å². The molecule has 0 saturated heterocycles. The van der Waals surface area contributed by atoms with Crippen molar-refractivity contribution in [1.29, 1.82) is 5.26 Å². The molecule has 0 aliphatic heterocycles. The van der Waals surface area contributed by atoms with Gasteiger partial charge in [0.15, 0.2) is 5.82 Å². The first kappa shape index (κ1) is 12.8. The van der Waals surface area contributed by atoms with Crippen molar-refractivity contribution in [1.82, 2.24) is 9.78 Å². The number of hydrogen-bond acceptors (Lipinski definition) is 3. The molecule has 0 aliphatic rings. The van der Waals surface area contributed by atoms with Gasteiger partial charge >= 0.3 is 0 Å². The third-order valence-corrected chi connectivity index (χ3v) is 2.69. The van der Waals surface area contributed by atoms with E-state index in [0.717, 1.165) is 5.56 Å². The molecule has 0 saturated carbocycles. The van der Waals surface area contributed by atoms with Crippen LogP contribution in [0, 0.1) is 11.3 Å². The van der Waals surface area contributed by atoms with Crippen molar-refractivity contribution in [2.45, 2.75) is 12.8 Å². The summed E-state index contributed by atoms with van der Waals surface area (Å²) in [5.74, 6) is 0.183. The number of aromatic nitrogens is 2. The molecule has 1 aromatic carbocycles. The summed E-state index contributed by atoms with van der Waals surface area (Å²) >= 11 is 0. The number of carbonyl (C=O) groups excluding carboxylic acids is 1. The molecular weight excluding hydrogens is 240 g/mol. The number of rotatable bonds is 4. The molecular formula is C14H14N4O. The van der Waals surface area contributed by atoms with Gasteiger partial charge < -0.3 is 5.32 Å². The number of benzene rings is 1. The molecule has 96 valence electrons. The van der Waals surface area contributed by atoms with Gasteiger partial charge in [0.25, 0.3) is 0 Å². The zero-order valence-electron chi connectivity index (χ0n) is 10.6. The highest BCUT2D eigenvalue weighted by Crippen LogP contribution is 2.11. The molecule has 5 heteroatoms. The molecule has 1 aromatic heterocycles. The number of hydrogen-bond donors (Lipinski definition) is 1. The summed E-state index contributed by atoms with van der Waals surface area (Å²) < 4.78 is 1.51. The maximum absolute atomic E-state index is 11.8. The minimum Gasteiger partial charge on any atom is -0.308 e. The van der Waals surface area contributed by atoms with E-state index in [1.165, 1.54) is 4.68 Å². The molecule has 2 rings (SSSR count). The van der Waals surface area contributed by atoms with Crippen molar-refractivity contribution in [3.8, 4) is 6.07 Å². The van der Waals surface area contributed by atoms with E-state index in [1.54, 1.807) is 13.2 Å². The molecule has 0 aliphatic carbocycles. The normalized spacial score (nSPS) is 9.89. The average Bonchev–Trinajstić information content (AvgIpc) is 2.77. The fourth-order valence-corrected chi connectivity index (χ4v) is 1.76. The minimum atomic E-state index is -0.140. The van der Waals surface area contributed by atoms with E-state index >= 15 is 0 Å². The Kier molecular flexibility index (Phi) is 3.94. The monoisotopic (exact) mass is 254 g/mol. The van der Waals surface area contributed by atoms with Crippen LogP contribution in [-0.2, 0) is 18.3 Å². The standard InChI is InChI=1S/C14H14N4O/c1-18-10-12(9-15)14(17-18)16-13(19)8-7-11-5-3-2-4-6-11/h2-6,10H,7-8H2,1H3,(H,16,17,19). The molecule has 1 N–H and O–H groups in total. The van der Waals surface area contributed by atoms with E-state index < -0.39 is 0 Å². The van der Waals surface area contributed by atoms with Crippen LogP contribution < -0.4 is 5.32 Å². The largest absolute Gasteiger partial charge is 0.308 e. The van der Waals surface area contributed by atoms with Gasteiger partial charge in [-0.1, -0.05) is 30.3 Å². The van der Waals surface area contributed by atoms with Crippen LogP contribution >= 0.6 is 0 Å². The molecule has 0 bridgehead atoms. The fraction of sp³-hybridized carbons (Fsp3) is 0.214. The Morgan fingerprint density at radius 2 is 2.16 bits per heavy atom. The molecule has 19 heavy (non-hydrogen) atoms. The second-order valence-electron chi connectivity index (χ2n) is 4.21. The topological polar surface area (TPSA) is 70.7 Å². The van der Waals surface area contributed by atoms with E-state index in [9.17, 15) is 4.79 Å². The number of nitrogens with one attached hydrogen (secondary N) is 1. The fourth-order valence-electron chi connectivity index (χ4n) is 1.76. The van der Waals surface area contributed by atoms with Gasteiger partial charge in [-0.3, -0.25) is 9.48 Å². The number of nitriles is 1. The Morgan fingerprint density at radius 3 is 2.84 bits per heavy atom. The maximum atomic E-state index is 11.8. The molecule has 0 fully saturated rings. The van der Waals surface area contributed by atoms with E-state index in [4.69, 9.17) is 5.26 Å². The Labute approximate surface area is 111 Å². The highest BCUT2D eigenvalue weighted by Gasteiger charge is 2.10. The van der Waals surface area contributed by atoms with Gasteiger partial charge in [-0.25, -0.2) is 0 Å². The molecule has 2 aromatic rings. The predicted octanol–water partition coefficient (Wildman–Crippen LogP) is 1.86. The van der Waals surface area contributed by atoms with Crippen molar-refractivity contribution < 1.29 is 4.79 Å². The minimum absolute atomic E-state index is 0.140. The number of amides is 1. The van der Waals surface area contributed by atoms with Crippen molar-refractivity contribution in [3.05, 3.63) is 47.7 Å². The Hall–Kier alpha value is -2.61. The van der Waals surface area contributed by atoms with Crippen LogP contribution in [0.25, 0.3) is 0 Å². The summed E-state index contributed by atoms with van der Waals surface area (Å²) in [6.07, 6.45) is 2.61. The molecule has 0 spiro atoms. The van der Waals surface area contributed by atoms with Gasteiger partial charge in [0.05, 0.1) is 0 Å². The van der Waals surface area contributed by atoms with Gasteiger partial charge in [0.2, 0.25) is 5.91 Å². The number of aryl methyl sites for hydroxylation is 2. The van der Waals surface area contributed by atoms with Gasteiger partial charge in [0, 0.05) is 19.7 Å². The first-order valence-electron chi connectivity index (χ1n) is 5.96. The van der Waals surface area contributed by atoms with Gasteiger partial charge in [0.1, 0.15) is 11.6 Å². The van der Waals surface area contributed by atoms with E-state index in [-0.39, 0.29) is 5.91 Å². The van der Waals surface area contributed by atoms with Crippen LogP contribution in [0.5, 0.6) is 0 Å². The quantitative estimate of drug-likeness (QED) is 0.905. The average molecular weight is 254 g/mol. The molecule has 0 unspecified atom stereocenters. The van der Waals surface area contributed by atoms with Crippen LogP contribution in [0.4, 0.5) is 5.82 Å². The van der Waals surface area contributed by atoms with Crippen LogP contribution in [0.1, 0.15) is 17.5 Å². The molecule has 1 amide bonds. The third kappa shape index (κ3) is 3.42. The van der Waals surface area contributed by atoms with E-state index in [2.05, 4.69) is 10.4 Å². The van der Waals surface area contributed by atoms with Gasteiger partial charge in [-0.2, -0.15) is 10.4 Å². The van der Waals surface area contributed by atoms with Gasteiger partial charge in [-0.15, -0.1) is 0 Å². The first-order valence-corrected chi connectivity index (χ1v) is 5.96. The highest BCUT2D eigenvalue weighted by molar-refractivity contribution is 5.91. The van der Waals surface area contributed by atoms with Crippen LogP contribution in [0.15, 0.2) is 36.5 Å². The second-order valence-corrected chi connectivity index (χ2v) is 4.21. The Bertz CT molecular complexity index is 610. The van der Waals surface area contributed by atoms with Crippen LogP contribution in [-0.4, -0.2) is 15.7 Å². The van der Waals surface area contributed by atoms with Crippen molar-refractivity contribution in [2.24, 2.45) is 7.05 Å². The third-order valence-electron chi connectivity index (χ3n) is 2.69. The second kappa shape index (κ2) is 5.83. The number of anilines is 1. The highest BCUT2D eigenvalue weighted by atomic mass is 16.1. The molecule has 0 radical (unpaired) electrons. The SMILES string of the molecule is Cn1cc(C#N)c(NC(=O)CCc2ccccc2)n1. The lowest BCUT2D eigenvalue weighted by Crippen LogP contribution is -2.13. The predicted molar refractivity (Wildman–Crippen MR) is 71.3 cm³/mol. The Balaban J connectivity index is 1.93. The Morgan fingerprint density at radius 1 is 1.42 bits per heavy atom. The molecule has 1 heterocycles. The number of carbonyl (C=O) groups is 1.